The molecule has 0 atom stereocenters. The molecule has 0 N–H and O–H groups in total. The molecule has 6 aliphatic rings. The number of anilines is 6. The predicted molar refractivity (Wildman–Crippen MR) is 277 cm³/mol. The SMILES string of the molecule is CC(C)C1CCC(c2ccc(N(c3ccccc3)c3ccc(C45CC6CC(CC(C6)C4)C5)cc3)cc2)(c2ccc(N(c3ccccc3)c3ccc4c(c3)C(C)(C)c3ccccc3-4)cc2)CC1. The lowest BCUT2D eigenvalue weighted by atomic mass is 9.48. The van der Waals surface area contributed by atoms with Crippen molar-refractivity contribution in [2.45, 2.75) is 108 Å². The number of rotatable bonds is 10. The number of benzene rings is 7. The van der Waals surface area contributed by atoms with Crippen LogP contribution in [0, 0.1) is 29.6 Å². The first-order valence-electron chi connectivity index (χ1n) is 25.4. The number of hydrogen-bond acceptors (Lipinski definition) is 2. The van der Waals surface area contributed by atoms with E-state index in [1.54, 1.807) is 5.56 Å². The van der Waals surface area contributed by atoms with Crippen molar-refractivity contribution < 1.29 is 0 Å². The Bertz CT molecular complexity index is 2790. The third kappa shape index (κ3) is 6.96. The van der Waals surface area contributed by atoms with Gasteiger partial charge in [-0.1, -0.05) is 131 Å². The second kappa shape index (κ2) is 16.2. The molecule has 13 rings (SSSR count). The van der Waals surface area contributed by atoms with Gasteiger partial charge in [0.2, 0.25) is 0 Å². The monoisotopic (exact) mass is 863 g/mol. The maximum absolute atomic E-state index is 2.50. The minimum absolute atomic E-state index is 0.0551. The van der Waals surface area contributed by atoms with Crippen molar-refractivity contribution in [3.05, 3.63) is 204 Å². The Hall–Kier alpha value is -5.86. The molecule has 7 aromatic carbocycles. The summed E-state index contributed by atoms with van der Waals surface area (Å²) in [6.45, 7) is 9.60. The Morgan fingerprint density at radius 2 is 0.833 bits per heavy atom. The predicted octanol–water partition coefficient (Wildman–Crippen LogP) is 17.5. The Morgan fingerprint density at radius 3 is 1.33 bits per heavy atom. The topological polar surface area (TPSA) is 6.48 Å². The average molecular weight is 863 g/mol. The van der Waals surface area contributed by atoms with Gasteiger partial charge in [0.15, 0.2) is 0 Å². The highest BCUT2D eigenvalue weighted by atomic mass is 15.1. The molecular weight excluding hydrogens is 797 g/mol. The molecule has 5 saturated carbocycles. The molecule has 7 aromatic rings. The lowest BCUT2D eigenvalue weighted by Crippen LogP contribution is -2.48. The fourth-order valence-electron chi connectivity index (χ4n) is 14.7. The summed E-state index contributed by atoms with van der Waals surface area (Å²) < 4.78 is 0. The molecule has 0 amide bonds. The first-order valence-corrected chi connectivity index (χ1v) is 25.4. The summed E-state index contributed by atoms with van der Waals surface area (Å²) in [5.74, 6) is 4.30. The number of para-hydroxylation sites is 2. The lowest BCUT2D eigenvalue weighted by Gasteiger charge is -2.57. The third-order valence-electron chi connectivity index (χ3n) is 17.8. The summed E-state index contributed by atoms with van der Waals surface area (Å²) in [6.07, 6.45) is 13.5. The molecule has 0 saturated heterocycles. The zero-order chi connectivity index (χ0) is 44.6. The van der Waals surface area contributed by atoms with Crippen LogP contribution in [0.4, 0.5) is 34.1 Å². The highest BCUT2D eigenvalue weighted by Gasteiger charge is 2.51. The molecule has 2 nitrogen and oxygen atoms in total. The maximum Gasteiger partial charge on any atom is 0.0465 e. The molecule has 332 valence electrons. The van der Waals surface area contributed by atoms with E-state index in [0.717, 1.165) is 36.5 Å². The van der Waals surface area contributed by atoms with Gasteiger partial charge in [0.1, 0.15) is 0 Å². The van der Waals surface area contributed by atoms with Crippen LogP contribution in [0.3, 0.4) is 0 Å². The minimum Gasteiger partial charge on any atom is -0.311 e. The van der Waals surface area contributed by atoms with E-state index in [4.69, 9.17) is 0 Å². The van der Waals surface area contributed by atoms with Crippen molar-refractivity contribution in [2.75, 3.05) is 9.80 Å². The van der Waals surface area contributed by atoms with E-state index >= 15 is 0 Å². The van der Waals surface area contributed by atoms with Crippen LogP contribution in [0.2, 0.25) is 0 Å². The summed E-state index contributed by atoms with van der Waals surface area (Å²) in [7, 11) is 0. The van der Waals surface area contributed by atoms with E-state index in [2.05, 4.69) is 213 Å². The third-order valence-corrected chi connectivity index (χ3v) is 17.8. The van der Waals surface area contributed by atoms with Crippen molar-refractivity contribution in [1.29, 1.82) is 0 Å². The second-order valence-corrected chi connectivity index (χ2v) is 22.2. The average Bonchev–Trinajstić information content (AvgIpc) is 3.57. The molecule has 0 unspecified atom stereocenters. The van der Waals surface area contributed by atoms with Crippen LogP contribution in [-0.4, -0.2) is 0 Å². The van der Waals surface area contributed by atoms with Crippen molar-refractivity contribution >= 4 is 34.1 Å². The van der Waals surface area contributed by atoms with Gasteiger partial charge < -0.3 is 9.80 Å². The normalized spacial score (nSPS) is 25.7. The van der Waals surface area contributed by atoms with Gasteiger partial charge in [0.05, 0.1) is 0 Å². The summed E-state index contributed by atoms with van der Waals surface area (Å²) in [5, 5.41) is 0. The molecule has 66 heavy (non-hydrogen) atoms. The number of fused-ring (bicyclic) bond motifs is 3. The van der Waals surface area contributed by atoms with Gasteiger partial charge in [0, 0.05) is 45.0 Å². The highest BCUT2D eigenvalue weighted by Crippen LogP contribution is 2.61. The molecule has 2 heteroatoms. The van der Waals surface area contributed by atoms with Crippen LogP contribution in [-0.2, 0) is 16.2 Å². The van der Waals surface area contributed by atoms with E-state index in [-0.39, 0.29) is 10.8 Å². The van der Waals surface area contributed by atoms with E-state index in [0.29, 0.717) is 11.3 Å². The summed E-state index contributed by atoms with van der Waals surface area (Å²) in [4.78, 5) is 4.93. The molecule has 0 radical (unpaired) electrons. The Labute approximate surface area is 394 Å². The van der Waals surface area contributed by atoms with E-state index < -0.39 is 0 Å². The van der Waals surface area contributed by atoms with Gasteiger partial charge in [0.25, 0.3) is 0 Å². The van der Waals surface area contributed by atoms with E-state index in [1.807, 2.05) is 0 Å². The Kier molecular flexibility index (Phi) is 10.2. The lowest BCUT2D eigenvalue weighted by molar-refractivity contribution is -0.00518. The summed E-state index contributed by atoms with van der Waals surface area (Å²) in [5.41, 5.74) is 17.5. The Morgan fingerprint density at radius 1 is 0.424 bits per heavy atom. The van der Waals surface area contributed by atoms with Gasteiger partial charge >= 0.3 is 0 Å². The molecular formula is C64H66N2. The zero-order valence-corrected chi connectivity index (χ0v) is 39.6. The maximum atomic E-state index is 2.50. The quantitative estimate of drug-likeness (QED) is 0.135. The van der Waals surface area contributed by atoms with Gasteiger partial charge in [-0.3, -0.25) is 0 Å². The van der Waals surface area contributed by atoms with Crippen LogP contribution < -0.4 is 9.80 Å². The smallest absolute Gasteiger partial charge is 0.0465 e. The van der Waals surface area contributed by atoms with E-state index in [9.17, 15) is 0 Å². The molecule has 5 fully saturated rings. The molecule has 0 aromatic heterocycles. The Balaban J connectivity index is 0.886. The van der Waals surface area contributed by atoms with Crippen LogP contribution in [0.25, 0.3) is 11.1 Å². The van der Waals surface area contributed by atoms with Crippen molar-refractivity contribution in [2.24, 2.45) is 29.6 Å². The second-order valence-electron chi connectivity index (χ2n) is 22.2. The molecule has 0 spiro atoms. The van der Waals surface area contributed by atoms with E-state index in [1.165, 1.54) is 119 Å². The van der Waals surface area contributed by atoms with Gasteiger partial charge in [-0.25, -0.2) is 0 Å². The number of nitrogens with zero attached hydrogens (tertiary/aromatic N) is 2. The first-order chi connectivity index (χ1) is 32.2. The fraction of sp³-hybridized carbons (Fsp3) is 0.344. The highest BCUT2D eigenvalue weighted by molar-refractivity contribution is 5.85. The van der Waals surface area contributed by atoms with Crippen molar-refractivity contribution in [3.8, 4) is 11.1 Å². The van der Waals surface area contributed by atoms with Crippen LogP contribution in [0.1, 0.15) is 120 Å². The van der Waals surface area contributed by atoms with Gasteiger partial charge in [-0.05, 0) is 211 Å². The number of hydrogen-bond donors (Lipinski definition) is 0. The molecule has 0 aliphatic heterocycles. The first kappa shape index (κ1) is 41.6. The van der Waals surface area contributed by atoms with Gasteiger partial charge in [-0.2, -0.15) is 0 Å². The minimum atomic E-state index is -0.0681. The van der Waals surface area contributed by atoms with Crippen molar-refractivity contribution in [3.63, 3.8) is 0 Å². The molecule has 0 heterocycles. The van der Waals surface area contributed by atoms with Crippen molar-refractivity contribution in [1.82, 2.24) is 0 Å². The summed E-state index contributed by atoms with van der Waals surface area (Å²) >= 11 is 0. The molecule has 6 aliphatic carbocycles. The van der Waals surface area contributed by atoms with Crippen LogP contribution >= 0.6 is 0 Å². The standard InChI is InChI=1S/C64H66N2/c1-44(2)48-33-35-64(36-34-48,51-23-29-56(30-24-51)66(53-15-9-6-10-16-53)57-31-32-59-58-17-11-12-18-60(58)62(3,4)61(59)40-57)50-21-27-55(28-22-50)65(52-13-7-5-8-14-52)54-25-19-49(20-26-54)63-41-45-37-46(42-63)39-47(38-45)43-63/h5-32,40,44-48H,33-39,41-43H2,1-4H3. The van der Waals surface area contributed by atoms with Gasteiger partial charge in [-0.15, -0.1) is 0 Å². The largest absolute Gasteiger partial charge is 0.311 e. The fourth-order valence-corrected chi connectivity index (χ4v) is 14.7. The zero-order valence-electron chi connectivity index (χ0n) is 39.6. The summed E-state index contributed by atoms with van der Waals surface area (Å²) in [6, 6.07) is 67.3. The van der Waals surface area contributed by atoms with Crippen LogP contribution in [0.5, 0.6) is 0 Å². The van der Waals surface area contributed by atoms with Crippen LogP contribution in [0.15, 0.2) is 176 Å². The molecule has 4 bridgehead atoms.